The van der Waals surface area contributed by atoms with Gasteiger partial charge in [-0.3, -0.25) is 14.5 Å². The Morgan fingerprint density at radius 2 is 1.50 bits per heavy atom. The summed E-state index contributed by atoms with van der Waals surface area (Å²) in [7, 11) is 0. The monoisotopic (exact) mass is 736 g/mol. The number of aliphatic hydroxyl groups excluding tert-OH is 4. The fourth-order valence-corrected chi connectivity index (χ4v) is 6.65. The fourth-order valence-electron chi connectivity index (χ4n) is 4.41. The predicted octanol–water partition coefficient (Wildman–Crippen LogP) is 4.43. The summed E-state index contributed by atoms with van der Waals surface area (Å²) in [4.78, 5) is 38.7. The van der Waals surface area contributed by atoms with Crippen molar-refractivity contribution < 1.29 is 66.3 Å². The zero-order chi connectivity index (χ0) is 35.7. The highest BCUT2D eigenvalue weighted by Crippen LogP contribution is 2.41. The number of carbonyl (C=O) groups excluding carboxylic acids is 2. The van der Waals surface area contributed by atoms with Crippen LogP contribution >= 0.6 is 35.3 Å². The van der Waals surface area contributed by atoms with Crippen LogP contribution in [0.2, 0.25) is 0 Å². The number of aliphatic hydroxyl groups is 4. The molecule has 3 aromatic rings. The van der Waals surface area contributed by atoms with Crippen molar-refractivity contribution in [3.63, 3.8) is 0 Å². The summed E-state index contributed by atoms with van der Waals surface area (Å²) in [6, 6.07) is 4.99. The maximum absolute atomic E-state index is 13.5. The third kappa shape index (κ3) is 8.23. The van der Waals surface area contributed by atoms with Crippen LogP contribution in [0.15, 0.2) is 58.8 Å². The first kappa shape index (κ1) is 37.0. The van der Waals surface area contributed by atoms with Crippen LogP contribution in [0, 0.1) is 0 Å². The summed E-state index contributed by atoms with van der Waals surface area (Å²) in [6.45, 7) is -1.04. The highest BCUT2D eigenvalue weighted by molar-refractivity contribution is 8.26. The minimum atomic E-state index is -5.07. The molecule has 4 atom stereocenters. The lowest BCUT2D eigenvalue weighted by molar-refractivity contribution is -0.143. The van der Waals surface area contributed by atoms with Gasteiger partial charge in [0.2, 0.25) is 5.91 Å². The first-order valence-electron chi connectivity index (χ1n) is 13.3. The van der Waals surface area contributed by atoms with Gasteiger partial charge in [-0.2, -0.15) is 26.3 Å². The van der Waals surface area contributed by atoms with Gasteiger partial charge in [0.25, 0.3) is 5.91 Å². The van der Waals surface area contributed by atoms with E-state index in [0.29, 0.717) is 28.8 Å². The molecule has 48 heavy (non-hydrogen) atoms. The van der Waals surface area contributed by atoms with Crippen molar-refractivity contribution in [2.75, 3.05) is 11.9 Å². The highest BCUT2D eigenvalue weighted by Gasteiger charge is 2.47. The van der Waals surface area contributed by atoms with Gasteiger partial charge in [-0.25, -0.2) is 4.79 Å². The van der Waals surface area contributed by atoms with Crippen molar-refractivity contribution in [3.8, 4) is 11.1 Å². The van der Waals surface area contributed by atoms with Gasteiger partial charge in [0.1, 0.15) is 28.7 Å². The molecular weight excluding hydrogens is 715 g/mol. The van der Waals surface area contributed by atoms with E-state index in [1.807, 2.05) is 0 Å². The minimum absolute atomic E-state index is 0.00904. The number of carboxylic acids is 1. The van der Waals surface area contributed by atoms with Crippen LogP contribution in [-0.2, 0) is 21.9 Å². The fraction of sp³-hybridized carbons (Fsp3) is 0.241. The zero-order valence-corrected chi connectivity index (χ0v) is 26.1. The molecule has 0 bridgehead atoms. The number of nitrogens with zero attached hydrogens (tertiary/aromatic N) is 1. The molecule has 1 aliphatic rings. The highest BCUT2D eigenvalue weighted by atomic mass is 32.2. The van der Waals surface area contributed by atoms with E-state index in [-0.39, 0.29) is 37.0 Å². The van der Waals surface area contributed by atoms with Crippen LogP contribution in [0.25, 0.3) is 17.2 Å². The zero-order valence-electron chi connectivity index (χ0n) is 23.7. The molecule has 6 N–H and O–H groups in total. The molecule has 2 heterocycles. The second-order valence-electron chi connectivity index (χ2n) is 10.1. The number of anilines is 1. The summed E-state index contributed by atoms with van der Waals surface area (Å²) >= 11 is 6.75. The van der Waals surface area contributed by atoms with Gasteiger partial charge in [0.05, 0.1) is 28.2 Å². The number of amides is 2. The van der Waals surface area contributed by atoms with Gasteiger partial charge in [-0.1, -0.05) is 24.0 Å². The Morgan fingerprint density at radius 3 is 2.02 bits per heavy atom. The van der Waals surface area contributed by atoms with Crippen LogP contribution in [0.4, 0.5) is 32.0 Å². The Morgan fingerprint density at radius 1 is 0.917 bits per heavy atom. The predicted molar refractivity (Wildman–Crippen MR) is 166 cm³/mol. The number of rotatable bonds is 10. The first-order chi connectivity index (χ1) is 22.3. The SMILES string of the molecule is O=C(O)c1ccc(NC(=O)[C@H]([C@@H](O)[C@H](O)[C@H](O)CO)N2C(=O)/C(=C/c3cc(-c4cc(C(F)(F)F)cc(C(F)(F)F)c4)cs3)SC2=S)cc1. The summed E-state index contributed by atoms with van der Waals surface area (Å²) in [5.74, 6) is -3.40. The lowest BCUT2D eigenvalue weighted by atomic mass is 9.99. The average molecular weight is 737 g/mol. The number of hydrogen-bond acceptors (Lipinski definition) is 10. The van der Waals surface area contributed by atoms with E-state index in [4.69, 9.17) is 17.3 Å². The van der Waals surface area contributed by atoms with Gasteiger partial charge in [-0.05, 0) is 71.1 Å². The van der Waals surface area contributed by atoms with Gasteiger partial charge in [-0.15, -0.1) is 11.3 Å². The van der Waals surface area contributed by atoms with Crippen molar-refractivity contribution in [3.05, 3.63) is 80.4 Å². The molecule has 1 fully saturated rings. The second-order valence-corrected chi connectivity index (χ2v) is 12.8. The van der Waals surface area contributed by atoms with E-state index in [1.54, 1.807) is 0 Å². The van der Waals surface area contributed by atoms with Gasteiger partial charge in [0, 0.05) is 10.6 Å². The number of alkyl halides is 6. The number of carbonyl (C=O) groups is 3. The molecule has 0 spiro atoms. The lowest BCUT2D eigenvalue weighted by Gasteiger charge is -2.33. The molecule has 1 saturated heterocycles. The number of hydrogen-bond donors (Lipinski definition) is 6. The Kier molecular flexibility index (Phi) is 11.0. The van der Waals surface area contributed by atoms with Gasteiger partial charge in [0.15, 0.2) is 0 Å². The van der Waals surface area contributed by atoms with Crippen molar-refractivity contribution in [1.29, 1.82) is 0 Å². The molecule has 2 aromatic carbocycles. The second kappa shape index (κ2) is 14.3. The van der Waals surface area contributed by atoms with Crippen LogP contribution in [-0.4, -0.2) is 83.5 Å². The lowest BCUT2D eigenvalue weighted by Crippen LogP contribution is -2.58. The summed E-state index contributed by atoms with van der Waals surface area (Å²) in [5, 5.41) is 53.2. The van der Waals surface area contributed by atoms with E-state index >= 15 is 0 Å². The van der Waals surface area contributed by atoms with E-state index < -0.39 is 77.8 Å². The number of benzene rings is 2. The molecular formula is C29H22F6N2O8S3. The van der Waals surface area contributed by atoms with E-state index in [9.17, 15) is 61.2 Å². The topological polar surface area (TPSA) is 168 Å². The average Bonchev–Trinajstić information content (AvgIpc) is 3.59. The number of halogens is 6. The molecule has 1 aromatic heterocycles. The number of carboxylic acid groups (broad SMARTS) is 1. The van der Waals surface area contributed by atoms with Crippen LogP contribution < -0.4 is 5.32 Å². The van der Waals surface area contributed by atoms with E-state index in [1.165, 1.54) is 29.7 Å². The minimum Gasteiger partial charge on any atom is -0.478 e. The normalized spacial score (nSPS) is 17.4. The molecule has 0 saturated carbocycles. The Labute approximate surface area is 279 Å². The summed E-state index contributed by atoms with van der Waals surface area (Å²) in [5.41, 5.74) is -3.58. The Bertz CT molecular complexity index is 1730. The molecule has 10 nitrogen and oxygen atoms in total. The molecule has 256 valence electrons. The van der Waals surface area contributed by atoms with Crippen molar-refractivity contribution >= 4 is 69.2 Å². The summed E-state index contributed by atoms with van der Waals surface area (Å²) in [6.07, 6.45) is -15.3. The molecule has 2 amide bonds. The number of aromatic carboxylic acids is 1. The number of thiocarbonyl (C=S) groups is 1. The number of thiophene rings is 1. The summed E-state index contributed by atoms with van der Waals surface area (Å²) < 4.78 is 79.9. The van der Waals surface area contributed by atoms with Crippen molar-refractivity contribution in [1.82, 2.24) is 4.90 Å². The van der Waals surface area contributed by atoms with Gasteiger partial charge < -0.3 is 30.8 Å². The van der Waals surface area contributed by atoms with E-state index in [2.05, 4.69) is 5.32 Å². The van der Waals surface area contributed by atoms with Crippen LogP contribution in [0.1, 0.15) is 26.4 Å². The quantitative estimate of drug-likeness (QED) is 0.0996. The third-order valence-corrected chi connectivity index (χ3v) is 9.05. The Hall–Kier alpha value is -3.85. The van der Waals surface area contributed by atoms with E-state index in [0.717, 1.165) is 23.5 Å². The Balaban J connectivity index is 1.66. The molecule has 4 rings (SSSR count). The first-order valence-corrected chi connectivity index (χ1v) is 15.4. The molecule has 0 aliphatic carbocycles. The third-order valence-electron chi connectivity index (χ3n) is 6.84. The van der Waals surface area contributed by atoms with Crippen LogP contribution in [0.3, 0.4) is 0 Å². The van der Waals surface area contributed by atoms with Crippen LogP contribution in [0.5, 0.6) is 0 Å². The molecule has 19 heteroatoms. The molecule has 1 aliphatic heterocycles. The maximum atomic E-state index is 13.5. The largest absolute Gasteiger partial charge is 0.478 e. The molecule has 0 radical (unpaired) electrons. The van der Waals surface area contributed by atoms with Gasteiger partial charge >= 0.3 is 18.3 Å². The number of thioether (sulfide) groups is 1. The maximum Gasteiger partial charge on any atom is 0.416 e. The smallest absolute Gasteiger partial charge is 0.416 e. The van der Waals surface area contributed by atoms with Crippen molar-refractivity contribution in [2.45, 2.75) is 36.7 Å². The number of nitrogens with one attached hydrogen (secondary N) is 1. The van der Waals surface area contributed by atoms with Crippen molar-refractivity contribution in [2.24, 2.45) is 0 Å². The standard InChI is InChI=1S/C29H22F6N2O8S3/c30-28(31,32)15-5-13(6-16(8-15)29(33,34)35)14-7-18(47-11-14)9-20-25(43)37(27(46)48-20)21(23(41)22(40)19(39)10-38)24(42)36-17-3-1-12(2-4-17)26(44)45/h1-9,11,19,21-23,38-41H,10H2,(H,36,42)(H,44,45)/b20-9-/t19-,21+,22-,23-/m1/s1. The molecule has 0 unspecified atom stereocenters.